The number of thiazole rings is 1. The molecule has 1 atom stereocenters. The van der Waals surface area contributed by atoms with Gasteiger partial charge in [-0.3, -0.25) is 19.5 Å². The molecule has 0 saturated carbocycles. The van der Waals surface area contributed by atoms with Crippen LogP contribution in [-0.4, -0.2) is 30.8 Å². The van der Waals surface area contributed by atoms with Gasteiger partial charge in [0.25, 0.3) is 11.2 Å². The number of aromatic nitrogens is 1. The lowest BCUT2D eigenvalue weighted by atomic mass is 9.83. The van der Waals surface area contributed by atoms with Gasteiger partial charge in [0, 0.05) is 11.1 Å². The maximum absolute atomic E-state index is 14.1. The fraction of sp³-hybridized carbons (Fsp3) is 0.200. The van der Waals surface area contributed by atoms with Crippen molar-refractivity contribution in [3.05, 3.63) is 118 Å². The van der Waals surface area contributed by atoms with Gasteiger partial charge in [-0.1, -0.05) is 53.8 Å². The highest BCUT2D eigenvalue weighted by atomic mass is 32.1. The molecule has 1 aliphatic heterocycles. The summed E-state index contributed by atoms with van der Waals surface area (Å²) in [6.07, 6.45) is 3.10. The molecule has 9 nitrogen and oxygen atoms in total. The molecule has 0 bridgehead atoms. The van der Waals surface area contributed by atoms with E-state index in [1.54, 1.807) is 11.7 Å². The Kier molecular flexibility index (Phi) is 6.47. The molecule has 4 aromatic rings. The summed E-state index contributed by atoms with van der Waals surface area (Å²) in [6, 6.07) is 18.2. The molecule has 6 rings (SSSR count). The molecule has 10 heteroatoms. The number of rotatable bonds is 6. The third-order valence-electron chi connectivity index (χ3n) is 7.32. The van der Waals surface area contributed by atoms with Gasteiger partial charge in [-0.2, -0.15) is 0 Å². The Morgan fingerprint density at radius 3 is 2.42 bits per heavy atom. The summed E-state index contributed by atoms with van der Waals surface area (Å²) in [4.78, 5) is 31.0. The second kappa shape index (κ2) is 10.1. The average Bonchev–Trinajstić information content (AvgIpc) is 3.29. The van der Waals surface area contributed by atoms with Gasteiger partial charge in [0.05, 0.1) is 54.2 Å². The van der Waals surface area contributed by atoms with Crippen molar-refractivity contribution in [1.29, 1.82) is 0 Å². The first-order valence-electron chi connectivity index (χ1n) is 12.6. The number of benzene rings is 3. The smallest absolute Gasteiger partial charge is 0.280 e. The lowest BCUT2D eigenvalue weighted by Gasteiger charge is -2.31. The van der Waals surface area contributed by atoms with E-state index in [1.165, 1.54) is 49.3 Å². The largest absolute Gasteiger partial charge is 0.496 e. The van der Waals surface area contributed by atoms with E-state index >= 15 is 0 Å². The number of hydrogen-bond acceptors (Lipinski definition) is 8. The summed E-state index contributed by atoms with van der Waals surface area (Å²) >= 11 is 1.20. The number of ether oxygens (including phenoxy) is 3. The second-order valence-electron chi connectivity index (χ2n) is 9.38. The monoisotopic (exact) mass is 555 g/mol. The number of nitro benzene ring substituents is 1. The SMILES string of the molecule is COc1cc(/C=c2\sc3n(c2=O)[C@@H](c2ccccc2OC)C2=C(N=3)c3ccccc3CC2)c([N+](=O)[O-])cc1OC. The number of nitro groups is 1. The lowest BCUT2D eigenvalue weighted by Crippen LogP contribution is -2.39. The van der Waals surface area contributed by atoms with Gasteiger partial charge in [-0.25, -0.2) is 4.99 Å². The maximum atomic E-state index is 14.1. The Morgan fingerprint density at radius 2 is 1.68 bits per heavy atom. The molecule has 0 unspecified atom stereocenters. The van der Waals surface area contributed by atoms with Crippen LogP contribution in [0.25, 0.3) is 11.8 Å². The number of hydrogen-bond donors (Lipinski definition) is 0. The van der Waals surface area contributed by atoms with Gasteiger partial charge in [0.2, 0.25) is 0 Å². The molecule has 0 spiro atoms. The Balaban J connectivity index is 1.64. The molecule has 2 heterocycles. The maximum Gasteiger partial charge on any atom is 0.280 e. The Labute approximate surface area is 233 Å². The third kappa shape index (κ3) is 4.08. The van der Waals surface area contributed by atoms with Crippen molar-refractivity contribution in [3.8, 4) is 17.2 Å². The van der Waals surface area contributed by atoms with Crippen LogP contribution in [0.4, 0.5) is 5.69 Å². The molecule has 2 aliphatic rings. The Morgan fingerprint density at radius 1 is 0.975 bits per heavy atom. The number of methoxy groups -OCH3 is 3. The summed E-state index contributed by atoms with van der Waals surface area (Å²) in [5.74, 6) is 1.23. The summed E-state index contributed by atoms with van der Waals surface area (Å²) in [7, 11) is 4.48. The lowest BCUT2D eigenvalue weighted by molar-refractivity contribution is -0.385. The van der Waals surface area contributed by atoms with E-state index < -0.39 is 11.0 Å². The number of fused-ring (bicyclic) bond motifs is 3. The topological polar surface area (TPSA) is 105 Å². The van der Waals surface area contributed by atoms with Crippen LogP contribution in [0.15, 0.2) is 76.0 Å². The van der Waals surface area contributed by atoms with E-state index in [2.05, 4.69) is 12.1 Å². The van der Waals surface area contributed by atoms with E-state index in [4.69, 9.17) is 19.2 Å². The van der Waals surface area contributed by atoms with Crippen LogP contribution < -0.4 is 29.1 Å². The molecule has 0 saturated heterocycles. The molecule has 40 heavy (non-hydrogen) atoms. The number of aryl methyl sites for hydroxylation is 1. The van der Waals surface area contributed by atoms with E-state index in [0.29, 0.717) is 20.8 Å². The van der Waals surface area contributed by atoms with Crippen LogP contribution in [-0.2, 0) is 6.42 Å². The first-order valence-corrected chi connectivity index (χ1v) is 13.4. The highest BCUT2D eigenvalue weighted by Crippen LogP contribution is 2.43. The normalized spacial score (nSPS) is 16.0. The van der Waals surface area contributed by atoms with Crippen molar-refractivity contribution < 1.29 is 19.1 Å². The molecule has 0 amide bonds. The predicted octanol–water partition coefficient (Wildman–Crippen LogP) is 4.25. The Hall–Kier alpha value is -4.70. The molecular formula is C30H25N3O6S. The van der Waals surface area contributed by atoms with Gasteiger partial charge in [0.15, 0.2) is 16.3 Å². The van der Waals surface area contributed by atoms with E-state index in [1.807, 2.05) is 36.4 Å². The van der Waals surface area contributed by atoms with Crippen molar-refractivity contribution >= 4 is 28.8 Å². The fourth-order valence-corrected chi connectivity index (χ4v) is 6.48. The molecule has 0 N–H and O–H groups in total. The van der Waals surface area contributed by atoms with Crippen LogP contribution in [0.1, 0.15) is 34.7 Å². The summed E-state index contributed by atoms with van der Waals surface area (Å²) < 4.78 is 18.4. The minimum Gasteiger partial charge on any atom is -0.496 e. The molecule has 1 aliphatic carbocycles. The summed E-state index contributed by atoms with van der Waals surface area (Å²) in [6.45, 7) is 0. The average molecular weight is 556 g/mol. The number of para-hydroxylation sites is 1. The van der Waals surface area contributed by atoms with Crippen LogP contribution in [0, 0.1) is 10.1 Å². The molecule has 0 radical (unpaired) electrons. The highest BCUT2D eigenvalue weighted by Gasteiger charge is 2.34. The molecule has 202 valence electrons. The van der Waals surface area contributed by atoms with Crippen LogP contribution in [0.2, 0.25) is 0 Å². The van der Waals surface area contributed by atoms with Gasteiger partial charge in [0.1, 0.15) is 5.75 Å². The Bertz CT molecular complexity index is 1890. The van der Waals surface area contributed by atoms with Gasteiger partial charge in [-0.15, -0.1) is 0 Å². The molecule has 3 aromatic carbocycles. The highest BCUT2D eigenvalue weighted by molar-refractivity contribution is 7.07. The van der Waals surface area contributed by atoms with Gasteiger partial charge < -0.3 is 14.2 Å². The van der Waals surface area contributed by atoms with E-state index in [-0.39, 0.29) is 22.6 Å². The zero-order valence-electron chi connectivity index (χ0n) is 22.0. The van der Waals surface area contributed by atoms with Crippen LogP contribution in [0.3, 0.4) is 0 Å². The zero-order chi connectivity index (χ0) is 28.0. The minimum absolute atomic E-state index is 0.196. The van der Waals surface area contributed by atoms with Gasteiger partial charge in [-0.05, 0) is 42.2 Å². The molecular weight excluding hydrogens is 530 g/mol. The fourth-order valence-electron chi connectivity index (χ4n) is 5.49. The number of nitrogens with zero attached hydrogens (tertiary/aromatic N) is 3. The third-order valence-corrected chi connectivity index (χ3v) is 8.31. The zero-order valence-corrected chi connectivity index (χ0v) is 22.9. The molecule has 0 fully saturated rings. The standard InChI is InChI=1S/C30H25N3O6S/c1-37-23-11-7-6-10-20(23)28-21-13-12-17-8-4-5-9-19(17)27(21)31-30-32(28)29(34)26(40-30)15-18-14-24(38-2)25(39-3)16-22(18)33(35)36/h4-11,14-16,28H,12-13H2,1-3H3/b26-15-/t28-/m0/s1. The second-order valence-corrected chi connectivity index (χ2v) is 10.4. The summed E-state index contributed by atoms with van der Waals surface area (Å²) in [5, 5.41) is 11.9. The van der Waals surface area contributed by atoms with Crippen molar-refractivity contribution in [3.63, 3.8) is 0 Å². The quantitative estimate of drug-likeness (QED) is 0.260. The van der Waals surface area contributed by atoms with Crippen molar-refractivity contribution in [2.45, 2.75) is 18.9 Å². The first kappa shape index (κ1) is 25.6. The van der Waals surface area contributed by atoms with Crippen molar-refractivity contribution in [2.24, 2.45) is 4.99 Å². The van der Waals surface area contributed by atoms with Crippen LogP contribution >= 0.6 is 11.3 Å². The van der Waals surface area contributed by atoms with Crippen molar-refractivity contribution in [2.75, 3.05) is 21.3 Å². The van der Waals surface area contributed by atoms with E-state index in [0.717, 1.165) is 35.2 Å². The van der Waals surface area contributed by atoms with Crippen molar-refractivity contribution in [1.82, 2.24) is 4.57 Å². The van der Waals surface area contributed by atoms with Gasteiger partial charge >= 0.3 is 0 Å². The van der Waals surface area contributed by atoms with E-state index in [9.17, 15) is 14.9 Å². The summed E-state index contributed by atoms with van der Waals surface area (Å²) in [5.41, 5.74) is 4.78. The predicted molar refractivity (Wildman–Crippen MR) is 152 cm³/mol. The van der Waals surface area contributed by atoms with Crippen LogP contribution in [0.5, 0.6) is 17.2 Å². The minimum atomic E-state index is -0.502. The number of allylic oxidation sites excluding steroid dienone is 1. The first-order chi connectivity index (χ1) is 19.4. The molecule has 1 aromatic heterocycles.